The standard InChI is InChI=1S/C15H14O2/c1-10-3-5-14-9-12(4-6-13(14)7-10)8-11(2)15(16)17/h3-7,9H,2,8H2,1H3,(H,16,17). The van der Waals surface area contributed by atoms with Gasteiger partial charge in [0.15, 0.2) is 0 Å². The van der Waals surface area contributed by atoms with Crippen molar-refractivity contribution in [3.63, 3.8) is 0 Å². The van der Waals surface area contributed by atoms with Crippen LogP contribution in [0.3, 0.4) is 0 Å². The summed E-state index contributed by atoms with van der Waals surface area (Å²) in [5.74, 6) is -0.936. The number of fused-ring (bicyclic) bond motifs is 1. The Balaban J connectivity index is 2.35. The van der Waals surface area contributed by atoms with Crippen molar-refractivity contribution in [2.75, 3.05) is 0 Å². The number of benzene rings is 2. The molecular weight excluding hydrogens is 212 g/mol. The van der Waals surface area contributed by atoms with Gasteiger partial charge in [0.2, 0.25) is 0 Å². The number of carboxylic acid groups (broad SMARTS) is 1. The highest BCUT2D eigenvalue weighted by Crippen LogP contribution is 2.19. The SMILES string of the molecule is C=C(Cc1ccc2cc(C)ccc2c1)C(=O)O. The van der Waals surface area contributed by atoms with Crippen molar-refractivity contribution in [1.82, 2.24) is 0 Å². The van der Waals surface area contributed by atoms with Gasteiger partial charge in [0.1, 0.15) is 0 Å². The lowest BCUT2D eigenvalue weighted by atomic mass is 10.0. The van der Waals surface area contributed by atoms with Crippen LogP contribution in [0.2, 0.25) is 0 Å². The summed E-state index contributed by atoms with van der Waals surface area (Å²) < 4.78 is 0. The van der Waals surface area contributed by atoms with Gasteiger partial charge in [0.05, 0.1) is 0 Å². The Morgan fingerprint density at radius 2 is 1.82 bits per heavy atom. The summed E-state index contributed by atoms with van der Waals surface area (Å²) in [6.45, 7) is 5.60. The van der Waals surface area contributed by atoms with Crippen molar-refractivity contribution in [3.8, 4) is 0 Å². The molecule has 2 rings (SSSR count). The van der Waals surface area contributed by atoms with Gasteiger partial charge in [0, 0.05) is 12.0 Å². The van der Waals surface area contributed by atoms with E-state index in [-0.39, 0.29) is 5.57 Å². The van der Waals surface area contributed by atoms with Crippen LogP contribution in [0.25, 0.3) is 10.8 Å². The predicted octanol–water partition coefficient (Wildman–Crippen LogP) is 3.33. The van der Waals surface area contributed by atoms with Crippen LogP contribution in [0.4, 0.5) is 0 Å². The first-order valence-corrected chi connectivity index (χ1v) is 5.46. The molecule has 1 N–H and O–H groups in total. The first kappa shape index (κ1) is 11.4. The predicted molar refractivity (Wildman–Crippen MR) is 69.2 cm³/mol. The van der Waals surface area contributed by atoms with Crippen LogP contribution in [-0.4, -0.2) is 11.1 Å². The van der Waals surface area contributed by atoms with Crippen LogP contribution in [0.1, 0.15) is 11.1 Å². The number of rotatable bonds is 3. The number of hydrogen-bond acceptors (Lipinski definition) is 1. The molecule has 0 bridgehead atoms. The van der Waals surface area contributed by atoms with Crippen LogP contribution < -0.4 is 0 Å². The zero-order valence-corrected chi connectivity index (χ0v) is 9.73. The normalized spacial score (nSPS) is 10.4. The highest BCUT2D eigenvalue weighted by molar-refractivity contribution is 5.87. The van der Waals surface area contributed by atoms with E-state index in [0.29, 0.717) is 6.42 Å². The van der Waals surface area contributed by atoms with E-state index in [0.717, 1.165) is 10.9 Å². The molecule has 0 aliphatic heterocycles. The Morgan fingerprint density at radius 1 is 1.18 bits per heavy atom. The highest BCUT2D eigenvalue weighted by Gasteiger charge is 2.05. The maximum atomic E-state index is 10.7. The Kier molecular flexibility index (Phi) is 2.96. The second-order valence-electron chi connectivity index (χ2n) is 4.27. The average Bonchev–Trinajstić information content (AvgIpc) is 2.29. The van der Waals surface area contributed by atoms with Crippen LogP contribution >= 0.6 is 0 Å². The quantitative estimate of drug-likeness (QED) is 0.815. The van der Waals surface area contributed by atoms with E-state index in [1.54, 1.807) is 0 Å². The topological polar surface area (TPSA) is 37.3 Å². The fourth-order valence-electron chi connectivity index (χ4n) is 1.85. The fourth-order valence-corrected chi connectivity index (χ4v) is 1.85. The van der Waals surface area contributed by atoms with Crippen molar-refractivity contribution in [1.29, 1.82) is 0 Å². The molecule has 0 aliphatic rings. The minimum atomic E-state index is -0.936. The van der Waals surface area contributed by atoms with Gasteiger partial charge < -0.3 is 5.11 Å². The molecule has 0 heterocycles. The molecule has 2 aromatic rings. The van der Waals surface area contributed by atoms with Gasteiger partial charge in [-0.1, -0.05) is 48.5 Å². The number of hydrogen-bond donors (Lipinski definition) is 1. The number of carboxylic acids is 1. The van der Waals surface area contributed by atoms with E-state index < -0.39 is 5.97 Å². The molecule has 0 aromatic heterocycles. The largest absolute Gasteiger partial charge is 0.478 e. The summed E-state index contributed by atoms with van der Waals surface area (Å²) in [5, 5.41) is 11.1. The van der Waals surface area contributed by atoms with Crippen LogP contribution in [0.15, 0.2) is 48.6 Å². The van der Waals surface area contributed by atoms with Crippen LogP contribution in [0, 0.1) is 6.92 Å². The molecule has 0 unspecified atom stereocenters. The molecule has 0 radical (unpaired) electrons. The molecule has 0 atom stereocenters. The second-order valence-corrected chi connectivity index (χ2v) is 4.27. The van der Waals surface area contributed by atoms with Gasteiger partial charge in [-0.05, 0) is 23.3 Å². The van der Waals surface area contributed by atoms with Crippen molar-refractivity contribution < 1.29 is 9.90 Å². The Labute approximate surface area is 100 Å². The summed E-state index contributed by atoms with van der Waals surface area (Å²) in [7, 11) is 0. The maximum absolute atomic E-state index is 10.7. The van der Waals surface area contributed by atoms with Crippen LogP contribution in [0.5, 0.6) is 0 Å². The number of aryl methyl sites for hydroxylation is 1. The zero-order chi connectivity index (χ0) is 12.4. The van der Waals surface area contributed by atoms with Gasteiger partial charge >= 0.3 is 5.97 Å². The van der Waals surface area contributed by atoms with E-state index in [2.05, 4.69) is 31.7 Å². The van der Waals surface area contributed by atoms with E-state index in [4.69, 9.17) is 5.11 Å². The molecule has 0 saturated carbocycles. The summed E-state index contributed by atoms with van der Waals surface area (Å²) in [6, 6.07) is 12.2. The lowest BCUT2D eigenvalue weighted by Crippen LogP contribution is -2.01. The number of aliphatic carboxylic acids is 1. The van der Waals surface area contributed by atoms with Gasteiger partial charge in [-0.25, -0.2) is 4.79 Å². The molecule has 2 aromatic carbocycles. The molecule has 0 amide bonds. The molecule has 0 aliphatic carbocycles. The third kappa shape index (κ3) is 2.53. The van der Waals surface area contributed by atoms with E-state index in [1.807, 2.05) is 18.2 Å². The zero-order valence-electron chi connectivity index (χ0n) is 9.73. The molecule has 2 nitrogen and oxygen atoms in total. The van der Waals surface area contributed by atoms with Gasteiger partial charge in [-0.2, -0.15) is 0 Å². The first-order chi connectivity index (χ1) is 8.06. The van der Waals surface area contributed by atoms with Gasteiger partial charge in [0.25, 0.3) is 0 Å². The van der Waals surface area contributed by atoms with Crippen molar-refractivity contribution in [2.24, 2.45) is 0 Å². The Morgan fingerprint density at radius 3 is 2.53 bits per heavy atom. The van der Waals surface area contributed by atoms with E-state index in [9.17, 15) is 4.79 Å². The third-order valence-electron chi connectivity index (χ3n) is 2.78. The van der Waals surface area contributed by atoms with E-state index in [1.165, 1.54) is 10.9 Å². The minimum absolute atomic E-state index is 0.219. The summed E-state index contributed by atoms with van der Waals surface area (Å²) >= 11 is 0. The van der Waals surface area contributed by atoms with Gasteiger partial charge in [-0.15, -0.1) is 0 Å². The highest BCUT2D eigenvalue weighted by atomic mass is 16.4. The second kappa shape index (κ2) is 4.42. The van der Waals surface area contributed by atoms with Crippen LogP contribution in [-0.2, 0) is 11.2 Å². The molecule has 17 heavy (non-hydrogen) atoms. The number of carbonyl (C=O) groups is 1. The third-order valence-corrected chi connectivity index (χ3v) is 2.78. The monoisotopic (exact) mass is 226 g/mol. The van der Waals surface area contributed by atoms with Crippen molar-refractivity contribution in [2.45, 2.75) is 13.3 Å². The van der Waals surface area contributed by atoms with Gasteiger partial charge in [-0.3, -0.25) is 0 Å². The summed E-state index contributed by atoms with van der Waals surface area (Å²) in [4.78, 5) is 10.7. The lowest BCUT2D eigenvalue weighted by molar-refractivity contribution is -0.132. The summed E-state index contributed by atoms with van der Waals surface area (Å²) in [5.41, 5.74) is 2.42. The minimum Gasteiger partial charge on any atom is -0.478 e. The van der Waals surface area contributed by atoms with Crippen molar-refractivity contribution in [3.05, 3.63) is 59.7 Å². The fraction of sp³-hybridized carbons (Fsp3) is 0.133. The maximum Gasteiger partial charge on any atom is 0.331 e. The molecular formula is C15H14O2. The average molecular weight is 226 g/mol. The molecule has 0 spiro atoms. The Hall–Kier alpha value is -2.09. The molecule has 86 valence electrons. The van der Waals surface area contributed by atoms with E-state index >= 15 is 0 Å². The first-order valence-electron chi connectivity index (χ1n) is 5.46. The molecule has 2 heteroatoms. The van der Waals surface area contributed by atoms with Crippen molar-refractivity contribution >= 4 is 16.7 Å². The lowest BCUT2D eigenvalue weighted by Gasteiger charge is -2.04. The molecule has 0 fully saturated rings. The Bertz CT molecular complexity index is 597. The summed E-state index contributed by atoms with van der Waals surface area (Å²) in [6.07, 6.45) is 0.388. The smallest absolute Gasteiger partial charge is 0.331 e. The molecule has 0 saturated heterocycles.